The Morgan fingerprint density at radius 2 is 2.40 bits per heavy atom. The number of hydrogen-bond donors (Lipinski definition) is 0. The number of aromatic nitrogens is 2. The van der Waals surface area contributed by atoms with Crippen molar-refractivity contribution in [1.29, 1.82) is 0 Å². The van der Waals surface area contributed by atoms with E-state index in [0.717, 1.165) is 10.5 Å². The molecule has 1 aliphatic rings. The minimum absolute atomic E-state index is 0.0587. The van der Waals surface area contributed by atoms with Crippen LogP contribution in [-0.2, 0) is 9.53 Å². The summed E-state index contributed by atoms with van der Waals surface area (Å²) >= 11 is 2.89. The molecule has 3 heterocycles. The second kappa shape index (κ2) is 7.88. The van der Waals surface area contributed by atoms with Gasteiger partial charge in [-0.05, 0) is 12.5 Å². The van der Waals surface area contributed by atoms with E-state index in [4.69, 9.17) is 4.74 Å². The number of amides is 1. The normalized spacial score (nSPS) is 20.4. The molecule has 8 heteroatoms. The standard InChI is InChI=1S/C17H19N3O3S2/c1-3-7-23-17(22)20-10-14(25-12(2)21)9-13(20)4-5-15-16-19(11-18-15)6-8-24-16/h3-6,8,11,13-14H,1,7,9-10H2,2H3/b5-4+/t13-,14+/m1/s1. The number of imidazole rings is 1. The maximum Gasteiger partial charge on any atom is 0.410 e. The molecule has 1 fully saturated rings. The minimum atomic E-state index is -0.382. The monoisotopic (exact) mass is 377 g/mol. The number of fused-ring (bicyclic) bond motifs is 1. The van der Waals surface area contributed by atoms with Gasteiger partial charge < -0.3 is 9.64 Å². The van der Waals surface area contributed by atoms with Crippen molar-refractivity contribution in [3.8, 4) is 0 Å². The molecule has 2 aromatic heterocycles. The summed E-state index contributed by atoms with van der Waals surface area (Å²) in [7, 11) is 0. The molecule has 0 unspecified atom stereocenters. The molecule has 0 spiro atoms. The van der Waals surface area contributed by atoms with Crippen LogP contribution >= 0.6 is 23.1 Å². The van der Waals surface area contributed by atoms with Crippen LogP contribution in [0, 0.1) is 0 Å². The number of thioether (sulfide) groups is 1. The van der Waals surface area contributed by atoms with Crippen LogP contribution in [0.15, 0.2) is 36.6 Å². The zero-order chi connectivity index (χ0) is 17.8. The van der Waals surface area contributed by atoms with Gasteiger partial charge in [-0.2, -0.15) is 0 Å². The van der Waals surface area contributed by atoms with Crippen molar-refractivity contribution in [1.82, 2.24) is 14.3 Å². The smallest absolute Gasteiger partial charge is 0.410 e. The Morgan fingerprint density at radius 3 is 3.16 bits per heavy atom. The molecular weight excluding hydrogens is 358 g/mol. The van der Waals surface area contributed by atoms with Gasteiger partial charge in [-0.25, -0.2) is 9.78 Å². The fraction of sp³-hybridized carbons (Fsp3) is 0.353. The van der Waals surface area contributed by atoms with E-state index in [9.17, 15) is 9.59 Å². The van der Waals surface area contributed by atoms with Gasteiger partial charge in [0, 0.05) is 30.3 Å². The minimum Gasteiger partial charge on any atom is -0.445 e. The highest BCUT2D eigenvalue weighted by molar-refractivity contribution is 8.14. The van der Waals surface area contributed by atoms with E-state index in [0.29, 0.717) is 13.0 Å². The summed E-state index contributed by atoms with van der Waals surface area (Å²) in [4.78, 5) is 30.8. The van der Waals surface area contributed by atoms with Gasteiger partial charge in [0.1, 0.15) is 17.8 Å². The predicted molar refractivity (Wildman–Crippen MR) is 101 cm³/mol. The number of rotatable bonds is 5. The molecule has 1 saturated heterocycles. The Morgan fingerprint density at radius 1 is 1.56 bits per heavy atom. The third-order valence-corrected chi connectivity index (χ3v) is 5.76. The SMILES string of the molecule is C=CCOC(=O)N1C[C@@H](SC(C)=O)C[C@H]1/C=C/c1ncn2ccsc12. The molecule has 0 saturated carbocycles. The summed E-state index contributed by atoms with van der Waals surface area (Å²) < 4.78 is 7.14. The van der Waals surface area contributed by atoms with E-state index >= 15 is 0 Å². The molecule has 1 aliphatic heterocycles. The largest absolute Gasteiger partial charge is 0.445 e. The molecule has 132 valence electrons. The first kappa shape index (κ1) is 17.8. The van der Waals surface area contributed by atoms with Crippen molar-refractivity contribution < 1.29 is 14.3 Å². The molecule has 0 bridgehead atoms. The van der Waals surface area contributed by atoms with Crippen LogP contribution in [0.25, 0.3) is 10.9 Å². The van der Waals surface area contributed by atoms with E-state index in [1.807, 2.05) is 28.1 Å². The molecule has 25 heavy (non-hydrogen) atoms. The summed E-state index contributed by atoms with van der Waals surface area (Å²) in [5.41, 5.74) is 0.872. The maximum absolute atomic E-state index is 12.3. The maximum atomic E-state index is 12.3. The van der Waals surface area contributed by atoms with Crippen molar-refractivity contribution in [2.24, 2.45) is 0 Å². The summed E-state index contributed by atoms with van der Waals surface area (Å²) in [5.74, 6) is 0. The summed E-state index contributed by atoms with van der Waals surface area (Å²) in [6, 6.07) is -0.120. The van der Waals surface area contributed by atoms with Crippen molar-refractivity contribution in [2.75, 3.05) is 13.2 Å². The van der Waals surface area contributed by atoms with Crippen LogP contribution in [0.3, 0.4) is 0 Å². The Kier molecular flexibility index (Phi) is 5.60. The van der Waals surface area contributed by atoms with Gasteiger partial charge in [-0.1, -0.05) is 30.5 Å². The lowest BCUT2D eigenvalue weighted by atomic mass is 10.2. The first-order chi connectivity index (χ1) is 12.1. The van der Waals surface area contributed by atoms with Crippen molar-refractivity contribution in [3.05, 3.63) is 42.3 Å². The lowest BCUT2D eigenvalue weighted by molar-refractivity contribution is -0.109. The van der Waals surface area contributed by atoms with Crippen LogP contribution in [0.1, 0.15) is 19.0 Å². The average Bonchev–Trinajstić information content (AvgIpc) is 3.26. The van der Waals surface area contributed by atoms with Crippen molar-refractivity contribution in [2.45, 2.75) is 24.6 Å². The molecule has 6 nitrogen and oxygen atoms in total. The molecule has 1 amide bonds. The van der Waals surface area contributed by atoms with Gasteiger partial charge >= 0.3 is 6.09 Å². The molecular formula is C17H19N3O3S2. The fourth-order valence-corrected chi connectivity index (χ4v) is 4.61. The number of nitrogens with zero attached hydrogens (tertiary/aromatic N) is 3. The van der Waals surface area contributed by atoms with Gasteiger partial charge in [-0.15, -0.1) is 11.3 Å². The molecule has 2 aromatic rings. The highest BCUT2D eigenvalue weighted by atomic mass is 32.2. The van der Waals surface area contributed by atoms with Crippen LogP contribution in [0.2, 0.25) is 0 Å². The molecule has 0 radical (unpaired) electrons. The lowest BCUT2D eigenvalue weighted by Gasteiger charge is -2.21. The van der Waals surface area contributed by atoms with Crippen LogP contribution < -0.4 is 0 Å². The first-order valence-corrected chi connectivity index (χ1v) is 9.64. The van der Waals surface area contributed by atoms with Crippen LogP contribution in [0.4, 0.5) is 4.79 Å². The molecule has 0 aromatic carbocycles. The zero-order valence-corrected chi connectivity index (χ0v) is 15.5. The molecule has 2 atom stereocenters. The Balaban J connectivity index is 1.76. The van der Waals surface area contributed by atoms with Gasteiger partial charge in [0.25, 0.3) is 0 Å². The van der Waals surface area contributed by atoms with E-state index < -0.39 is 0 Å². The molecule has 0 N–H and O–H groups in total. The summed E-state index contributed by atoms with van der Waals surface area (Å²) in [6.45, 7) is 5.77. The molecule has 3 rings (SSSR count). The summed E-state index contributed by atoms with van der Waals surface area (Å²) in [6.07, 6.45) is 9.50. The van der Waals surface area contributed by atoms with E-state index in [2.05, 4.69) is 11.6 Å². The van der Waals surface area contributed by atoms with E-state index in [-0.39, 0.29) is 29.1 Å². The second-order valence-corrected chi connectivity index (χ2v) is 8.03. The Labute approximate surface area is 154 Å². The van der Waals surface area contributed by atoms with Gasteiger partial charge in [-0.3, -0.25) is 9.20 Å². The number of hydrogen-bond acceptors (Lipinski definition) is 6. The van der Waals surface area contributed by atoms with Gasteiger partial charge in [0.2, 0.25) is 0 Å². The van der Waals surface area contributed by atoms with E-state index in [1.165, 1.54) is 11.8 Å². The van der Waals surface area contributed by atoms with Crippen LogP contribution in [0.5, 0.6) is 0 Å². The van der Waals surface area contributed by atoms with Crippen molar-refractivity contribution >= 4 is 45.2 Å². The fourth-order valence-electron chi connectivity index (χ4n) is 2.82. The quantitative estimate of drug-likeness (QED) is 0.747. The number of likely N-dealkylation sites (tertiary alicyclic amines) is 1. The zero-order valence-electron chi connectivity index (χ0n) is 13.8. The topological polar surface area (TPSA) is 63.9 Å². The number of carbonyl (C=O) groups is 2. The lowest BCUT2D eigenvalue weighted by Crippen LogP contribution is -2.35. The second-order valence-electron chi connectivity index (χ2n) is 5.66. The van der Waals surface area contributed by atoms with Gasteiger partial charge in [0.05, 0.1) is 11.7 Å². The van der Waals surface area contributed by atoms with E-state index in [1.54, 1.807) is 35.6 Å². The van der Waals surface area contributed by atoms with Gasteiger partial charge in [0.15, 0.2) is 5.12 Å². The van der Waals surface area contributed by atoms with Crippen molar-refractivity contribution in [3.63, 3.8) is 0 Å². The first-order valence-electron chi connectivity index (χ1n) is 7.88. The molecule has 0 aliphatic carbocycles. The highest BCUT2D eigenvalue weighted by Gasteiger charge is 2.35. The Hall–Kier alpha value is -2.06. The number of thiazole rings is 1. The average molecular weight is 377 g/mol. The number of carbonyl (C=O) groups excluding carboxylic acids is 2. The summed E-state index contributed by atoms with van der Waals surface area (Å²) in [5, 5.41) is 2.14. The Bertz CT molecular complexity index is 811. The highest BCUT2D eigenvalue weighted by Crippen LogP contribution is 2.30. The van der Waals surface area contributed by atoms with Crippen LogP contribution in [-0.4, -0.2) is 49.9 Å². The third kappa shape index (κ3) is 4.13. The third-order valence-electron chi connectivity index (χ3n) is 3.85. The number of ether oxygens (including phenoxy) is 1. The predicted octanol–water partition coefficient (Wildman–Crippen LogP) is 3.45.